The van der Waals surface area contributed by atoms with Crippen LogP contribution in [0.1, 0.15) is 69.1 Å². The third kappa shape index (κ3) is 3.96. The summed E-state index contributed by atoms with van der Waals surface area (Å²) in [4.78, 5) is 55.7. The van der Waals surface area contributed by atoms with Crippen LogP contribution in [0, 0.1) is 6.92 Å². The van der Waals surface area contributed by atoms with E-state index in [0.29, 0.717) is 23.6 Å². The number of piperidine rings is 2. The summed E-state index contributed by atoms with van der Waals surface area (Å²) >= 11 is 0. The zero-order valence-corrected chi connectivity index (χ0v) is 19.0. The highest BCUT2D eigenvalue weighted by Gasteiger charge is 2.45. The molecule has 0 radical (unpaired) electrons. The predicted octanol–water partition coefficient (Wildman–Crippen LogP) is 1.87. The SMILES string of the molecule is Cc1ncc(C2CCNCC2)cc1NCc1cccc2c1C(=O)N(C1CCC(=O)NC1=O)C2=O. The first-order valence-electron chi connectivity index (χ1n) is 11.7. The van der Waals surface area contributed by atoms with Crippen molar-refractivity contribution in [1.29, 1.82) is 0 Å². The average Bonchev–Trinajstić information content (AvgIpc) is 3.10. The van der Waals surface area contributed by atoms with Gasteiger partial charge < -0.3 is 10.6 Å². The fourth-order valence-electron chi connectivity index (χ4n) is 5.03. The molecule has 1 aromatic heterocycles. The Labute approximate surface area is 197 Å². The zero-order valence-electron chi connectivity index (χ0n) is 19.0. The number of hydrogen-bond acceptors (Lipinski definition) is 7. The van der Waals surface area contributed by atoms with Gasteiger partial charge in [0, 0.05) is 19.2 Å². The van der Waals surface area contributed by atoms with Crippen LogP contribution in [-0.4, -0.2) is 52.6 Å². The van der Waals surface area contributed by atoms with Gasteiger partial charge in [0.05, 0.1) is 22.5 Å². The van der Waals surface area contributed by atoms with Gasteiger partial charge in [-0.2, -0.15) is 0 Å². The molecule has 5 rings (SSSR count). The number of pyridine rings is 1. The number of carbonyl (C=O) groups excluding carboxylic acids is 4. The van der Waals surface area contributed by atoms with Crippen molar-refractivity contribution in [3.05, 3.63) is 58.4 Å². The Morgan fingerprint density at radius 2 is 1.88 bits per heavy atom. The van der Waals surface area contributed by atoms with Gasteiger partial charge in [0.15, 0.2) is 0 Å². The van der Waals surface area contributed by atoms with Gasteiger partial charge in [-0.15, -0.1) is 0 Å². The van der Waals surface area contributed by atoms with Gasteiger partial charge in [0.2, 0.25) is 11.8 Å². The standard InChI is InChI=1S/C25H27N5O4/c1-14-19(11-17(13-27-14)15-7-9-26-10-8-15)28-12-16-3-2-4-18-22(16)25(34)30(24(18)33)20-5-6-21(31)29-23(20)32/h2-4,11,13,15,20,26,28H,5-10,12H2,1H3,(H,29,31,32). The van der Waals surface area contributed by atoms with Crippen LogP contribution in [0.3, 0.4) is 0 Å². The van der Waals surface area contributed by atoms with Gasteiger partial charge in [-0.05, 0) is 68.5 Å². The molecule has 34 heavy (non-hydrogen) atoms. The molecule has 2 aromatic rings. The number of benzene rings is 1. The van der Waals surface area contributed by atoms with Gasteiger partial charge in [-0.3, -0.25) is 34.4 Å². The minimum Gasteiger partial charge on any atom is -0.379 e. The summed E-state index contributed by atoms with van der Waals surface area (Å²) < 4.78 is 0. The van der Waals surface area contributed by atoms with Crippen LogP contribution in [0.15, 0.2) is 30.5 Å². The van der Waals surface area contributed by atoms with E-state index < -0.39 is 29.7 Å². The highest BCUT2D eigenvalue weighted by molar-refractivity contribution is 6.24. The van der Waals surface area contributed by atoms with Crippen molar-refractivity contribution in [2.75, 3.05) is 18.4 Å². The number of anilines is 1. The Kier molecular flexibility index (Phi) is 5.87. The monoisotopic (exact) mass is 461 g/mol. The van der Waals surface area contributed by atoms with Crippen molar-refractivity contribution >= 4 is 29.3 Å². The van der Waals surface area contributed by atoms with Crippen LogP contribution in [-0.2, 0) is 16.1 Å². The molecule has 2 fully saturated rings. The lowest BCUT2D eigenvalue weighted by atomic mass is 9.91. The highest BCUT2D eigenvalue weighted by atomic mass is 16.2. The van der Waals surface area contributed by atoms with E-state index in [-0.39, 0.29) is 18.4 Å². The van der Waals surface area contributed by atoms with Crippen molar-refractivity contribution < 1.29 is 19.2 Å². The topological polar surface area (TPSA) is 120 Å². The second-order valence-corrected chi connectivity index (χ2v) is 9.07. The third-order valence-electron chi connectivity index (χ3n) is 6.94. The largest absolute Gasteiger partial charge is 0.379 e. The summed E-state index contributed by atoms with van der Waals surface area (Å²) in [5.41, 5.74) is 4.22. The van der Waals surface area contributed by atoms with Gasteiger partial charge in [0.1, 0.15) is 6.04 Å². The Morgan fingerprint density at radius 1 is 1.09 bits per heavy atom. The maximum absolute atomic E-state index is 13.3. The Hall–Kier alpha value is -3.59. The maximum atomic E-state index is 13.3. The minimum absolute atomic E-state index is 0.0951. The molecule has 9 heteroatoms. The Bertz CT molecular complexity index is 1190. The molecule has 4 amide bonds. The number of nitrogens with one attached hydrogen (secondary N) is 3. The summed E-state index contributed by atoms with van der Waals surface area (Å²) in [6.45, 7) is 4.27. The summed E-state index contributed by atoms with van der Waals surface area (Å²) in [7, 11) is 0. The number of aromatic nitrogens is 1. The zero-order chi connectivity index (χ0) is 23.8. The van der Waals surface area contributed by atoms with E-state index >= 15 is 0 Å². The number of nitrogens with zero attached hydrogens (tertiary/aromatic N) is 2. The van der Waals surface area contributed by atoms with E-state index in [1.807, 2.05) is 19.2 Å². The van der Waals surface area contributed by atoms with Crippen LogP contribution >= 0.6 is 0 Å². The van der Waals surface area contributed by atoms with E-state index in [2.05, 4.69) is 27.0 Å². The van der Waals surface area contributed by atoms with Crippen LogP contribution in [0.4, 0.5) is 5.69 Å². The minimum atomic E-state index is -0.973. The van der Waals surface area contributed by atoms with E-state index in [9.17, 15) is 19.2 Å². The molecule has 0 saturated carbocycles. The van der Waals surface area contributed by atoms with Crippen molar-refractivity contribution in [2.24, 2.45) is 0 Å². The molecule has 1 atom stereocenters. The third-order valence-corrected chi connectivity index (χ3v) is 6.94. The molecule has 3 N–H and O–H groups in total. The molecule has 1 aromatic carbocycles. The molecule has 0 bridgehead atoms. The fraction of sp³-hybridized carbons (Fsp3) is 0.400. The first-order chi connectivity index (χ1) is 16.4. The van der Waals surface area contributed by atoms with Crippen LogP contribution in [0.25, 0.3) is 0 Å². The number of hydrogen-bond donors (Lipinski definition) is 3. The summed E-state index contributed by atoms with van der Waals surface area (Å²) in [5, 5.41) is 9.01. The molecule has 0 spiro atoms. The lowest BCUT2D eigenvalue weighted by Gasteiger charge is -2.27. The quantitative estimate of drug-likeness (QED) is 0.582. The molecule has 9 nitrogen and oxygen atoms in total. The van der Waals surface area contributed by atoms with E-state index in [1.54, 1.807) is 12.1 Å². The number of fused-ring (bicyclic) bond motifs is 1. The molecule has 4 heterocycles. The van der Waals surface area contributed by atoms with Crippen molar-refractivity contribution in [1.82, 2.24) is 20.5 Å². The number of amides is 4. The van der Waals surface area contributed by atoms with Crippen molar-refractivity contribution in [2.45, 2.75) is 51.1 Å². The molecule has 1 unspecified atom stereocenters. The van der Waals surface area contributed by atoms with Gasteiger partial charge in [0.25, 0.3) is 11.8 Å². The maximum Gasteiger partial charge on any atom is 0.262 e. The summed E-state index contributed by atoms with van der Waals surface area (Å²) in [6, 6.07) is 6.31. The molecular weight excluding hydrogens is 434 g/mol. The van der Waals surface area contributed by atoms with Crippen molar-refractivity contribution in [3.63, 3.8) is 0 Å². The lowest BCUT2D eigenvalue weighted by Crippen LogP contribution is -2.54. The molecule has 176 valence electrons. The van der Waals surface area contributed by atoms with Crippen LogP contribution in [0.2, 0.25) is 0 Å². The van der Waals surface area contributed by atoms with Crippen LogP contribution in [0.5, 0.6) is 0 Å². The van der Waals surface area contributed by atoms with Gasteiger partial charge >= 0.3 is 0 Å². The van der Waals surface area contributed by atoms with Crippen LogP contribution < -0.4 is 16.0 Å². The number of aryl methyl sites for hydroxylation is 1. The fourth-order valence-corrected chi connectivity index (χ4v) is 5.03. The average molecular weight is 462 g/mol. The van der Waals surface area contributed by atoms with Gasteiger partial charge in [-0.25, -0.2) is 0 Å². The highest BCUT2D eigenvalue weighted by Crippen LogP contribution is 2.31. The number of carbonyl (C=O) groups is 4. The smallest absolute Gasteiger partial charge is 0.262 e. The number of rotatable bonds is 5. The van der Waals surface area contributed by atoms with E-state index in [4.69, 9.17) is 0 Å². The first kappa shape index (κ1) is 22.2. The molecule has 3 aliphatic rings. The lowest BCUT2D eigenvalue weighted by molar-refractivity contribution is -0.136. The predicted molar refractivity (Wildman–Crippen MR) is 124 cm³/mol. The second kappa shape index (κ2) is 8.98. The van der Waals surface area contributed by atoms with E-state index in [0.717, 1.165) is 42.2 Å². The van der Waals surface area contributed by atoms with Crippen molar-refractivity contribution in [3.8, 4) is 0 Å². The van der Waals surface area contributed by atoms with Gasteiger partial charge in [-0.1, -0.05) is 12.1 Å². The molecule has 2 saturated heterocycles. The summed E-state index contributed by atoms with van der Waals surface area (Å²) in [6.07, 6.45) is 4.32. The molecule has 3 aliphatic heterocycles. The Balaban J connectivity index is 1.37. The first-order valence-corrected chi connectivity index (χ1v) is 11.7. The second-order valence-electron chi connectivity index (χ2n) is 9.07. The molecule has 0 aliphatic carbocycles. The normalized spacial score (nSPS) is 21.0. The van der Waals surface area contributed by atoms with E-state index in [1.165, 1.54) is 5.56 Å². The Morgan fingerprint density at radius 3 is 2.65 bits per heavy atom. The molecular formula is C25H27N5O4. The number of imide groups is 2. The summed E-state index contributed by atoms with van der Waals surface area (Å²) in [5.74, 6) is -1.52.